The lowest BCUT2D eigenvalue weighted by atomic mass is 10.2. The Kier molecular flexibility index (Phi) is 8.75. The van der Waals surface area contributed by atoms with E-state index in [1.165, 1.54) is 22.8 Å². The van der Waals surface area contributed by atoms with Crippen LogP contribution < -0.4 is 10.5 Å². The third-order valence-corrected chi connectivity index (χ3v) is 8.10. The SMILES string of the molecule is CCCSc1ccccc1N1CCN(CCCCn2c(SC)nc3ccccc3c2=O)CC1. The summed E-state index contributed by atoms with van der Waals surface area (Å²) in [5.41, 5.74) is 2.26. The Morgan fingerprint density at radius 1 is 0.939 bits per heavy atom. The summed E-state index contributed by atoms with van der Waals surface area (Å²) in [7, 11) is 0. The second-order valence-corrected chi connectivity index (χ2v) is 10.3. The molecular weight excluding hydrogens is 448 g/mol. The van der Waals surface area contributed by atoms with Gasteiger partial charge in [-0.05, 0) is 62.1 Å². The molecule has 33 heavy (non-hydrogen) atoms. The number of hydrogen-bond acceptors (Lipinski definition) is 6. The molecule has 1 aromatic heterocycles. The zero-order valence-electron chi connectivity index (χ0n) is 19.7. The van der Waals surface area contributed by atoms with Crippen molar-refractivity contribution in [3.63, 3.8) is 0 Å². The van der Waals surface area contributed by atoms with Crippen molar-refractivity contribution in [1.82, 2.24) is 14.5 Å². The molecule has 0 aliphatic carbocycles. The summed E-state index contributed by atoms with van der Waals surface area (Å²) >= 11 is 3.52. The zero-order chi connectivity index (χ0) is 23.0. The molecule has 0 unspecified atom stereocenters. The highest BCUT2D eigenvalue weighted by molar-refractivity contribution is 7.99. The van der Waals surface area contributed by atoms with Gasteiger partial charge in [-0.15, -0.1) is 11.8 Å². The number of hydrogen-bond donors (Lipinski definition) is 0. The third kappa shape index (κ3) is 5.94. The van der Waals surface area contributed by atoms with E-state index in [9.17, 15) is 4.79 Å². The molecule has 5 nitrogen and oxygen atoms in total. The lowest BCUT2D eigenvalue weighted by Crippen LogP contribution is -2.46. The molecule has 0 bridgehead atoms. The van der Waals surface area contributed by atoms with Crippen LogP contribution in [-0.4, -0.2) is 59.2 Å². The van der Waals surface area contributed by atoms with Gasteiger partial charge in [-0.25, -0.2) is 4.98 Å². The maximum atomic E-state index is 13.0. The van der Waals surface area contributed by atoms with Gasteiger partial charge in [0.15, 0.2) is 5.16 Å². The Balaban J connectivity index is 1.28. The summed E-state index contributed by atoms with van der Waals surface area (Å²) in [6.45, 7) is 8.41. The molecule has 7 heteroatoms. The molecule has 0 amide bonds. The molecule has 2 aromatic carbocycles. The maximum Gasteiger partial charge on any atom is 0.262 e. The van der Waals surface area contributed by atoms with Crippen LogP contribution in [0.4, 0.5) is 5.69 Å². The predicted octanol–water partition coefficient (Wildman–Crippen LogP) is 5.22. The minimum atomic E-state index is 0.0816. The van der Waals surface area contributed by atoms with Gasteiger partial charge in [0.05, 0.1) is 16.6 Å². The standard InChI is InChI=1S/C26H34N4OS2/c1-3-20-33-24-13-7-6-12-23(24)29-18-16-28(17-19-29)14-8-9-15-30-25(31)21-10-4-5-11-22(21)27-26(30)32-2/h4-7,10-13H,3,8-9,14-20H2,1-2H3. The van der Waals surface area contributed by atoms with E-state index in [0.717, 1.165) is 62.8 Å². The van der Waals surface area contributed by atoms with Gasteiger partial charge in [0.1, 0.15) is 0 Å². The van der Waals surface area contributed by atoms with Gasteiger partial charge < -0.3 is 4.90 Å². The lowest BCUT2D eigenvalue weighted by molar-refractivity contribution is 0.250. The Hall–Kier alpha value is -1.96. The van der Waals surface area contributed by atoms with Crippen molar-refractivity contribution in [3.8, 4) is 0 Å². The maximum absolute atomic E-state index is 13.0. The van der Waals surface area contributed by atoms with Crippen LogP contribution in [0.3, 0.4) is 0 Å². The number of para-hydroxylation sites is 2. The molecule has 0 saturated carbocycles. The quantitative estimate of drug-likeness (QED) is 0.224. The first-order valence-electron chi connectivity index (χ1n) is 11.9. The fourth-order valence-corrected chi connectivity index (χ4v) is 5.90. The molecule has 4 rings (SSSR count). The summed E-state index contributed by atoms with van der Waals surface area (Å²) in [4.78, 5) is 24.2. The van der Waals surface area contributed by atoms with E-state index in [1.54, 1.807) is 11.8 Å². The summed E-state index contributed by atoms with van der Waals surface area (Å²) in [5, 5.41) is 1.52. The summed E-state index contributed by atoms with van der Waals surface area (Å²) in [6.07, 6.45) is 5.28. The average molecular weight is 483 g/mol. The van der Waals surface area contributed by atoms with Crippen LogP contribution in [0.25, 0.3) is 10.9 Å². The first-order chi connectivity index (χ1) is 16.2. The predicted molar refractivity (Wildman–Crippen MR) is 143 cm³/mol. The van der Waals surface area contributed by atoms with Gasteiger partial charge in [0, 0.05) is 37.6 Å². The van der Waals surface area contributed by atoms with Crippen molar-refractivity contribution in [2.24, 2.45) is 0 Å². The number of nitrogens with zero attached hydrogens (tertiary/aromatic N) is 4. The fourth-order valence-electron chi connectivity index (χ4n) is 4.37. The fraction of sp³-hybridized carbons (Fsp3) is 0.462. The molecule has 0 spiro atoms. The molecule has 0 radical (unpaired) electrons. The van der Waals surface area contributed by atoms with E-state index < -0.39 is 0 Å². The van der Waals surface area contributed by atoms with Crippen LogP contribution in [0.5, 0.6) is 0 Å². The number of benzene rings is 2. The van der Waals surface area contributed by atoms with Gasteiger partial charge in [-0.1, -0.05) is 43.0 Å². The molecule has 1 aliphatic rings. The van der Waals surface area contributed by atoms with Crippen molar-refractivity contribution in [2.75, 3.05) is 49.6 Å². The van der Waals surface area contributed by atoms with Crippen molar-refractivity contribution in [1.29, 1.82) is 0 Å². The highest BCUT2D eigenvalue weighted by Crippen LogP contribution is 2.31. The van der Waals surface area contributed by atoms with E-state index in [1.807, 2.05) is 46.9 Å². The summed E-state index contributed by atoms with van der Waals surface area (Å²) < 4.78 is 1.86. The molecular formula is C26H34N4OS2. The van der Waals surface area contributed by atoms with Crippen LogP contribution in [0.1, 0.15) is 26.2 Å². The Morgan fingerprint density at radius 3 is 2.45 bits per heavy atom. The summed E-state index contributed by atoms with van der Waals surface area (Å²) in [6, 6.07) is 16.5. The molecule has 2 heterocycles. The van der Waals surface area contributed by atoms with Crippen molar-refractivity contribution in [3.05, 3.63) is 58.9 Å². The normalized spacial score (nSPS) is 14.8. The largest absolute Gasteiger partial charge is 0.368 e. The Bertz CT molecular complexity index is 1110. The molecule has 0 atom stereocenters. The van der Waals surface area contributed by atoms with E-state index in [4.69, 9.17) is 4.98 Å². The van der Waals surface area contributed by atoms with Gasteiger partial charge in [0.2, 0.25) is 0 Å². The number of fused-ring (bicyclic) bond motifs is 1. The van der Waals surface area contributed by atoms with Gasteiger partial charge in [-0.3, -0.25) is 14.3 Å². The zero-order valence-corrected chi connectivity index (χ0v) is 21.3. The first-order valence-corrected chi connectivity index (χ1v) is 14.1. The van der Waals surface area contributed by atoms with Gasteiger partial charge in [0.25, 0.3) is 5.56 Å². The van der Waals surface area contributed by atoms with E-state index in [2.05, 4.69) is 41.0 Å². The Labute approximate surface area is 205 Å². The average Bonchev–Trinajstić information content (AvgIpc) is 2.87. The molecule has 176 valence electrons. The van der Waals surface area contributed by atoms with E-state index in [-0.39, 0.29) is 5.56 Å². The molecule has 3 aromatic rings. The second kappa shape index (κ2) is 12.0. The van der Waals surface area contributed by atoms with E-state index in [0.29, 0.717) is 5.39 Å². The monoisotopic (exact) mass is 482 g/mol. The Morgan fingerprint density at radius 2 is 1.67 bits per heavy atom. The number of unbranched alkanes of at least 4 members (excludes halogenated alkanes) is 1. The highest BCUT2D eigenvalue weighted by Gasteiger charge is 2.19. The molecule has 1 saturated heterocycles. The topological polar surface area (TPSA) is 41.4 Å². The van der Waals surface area contributed by atoms with Crippen molar-refractivity contribution >= 4 is 40.1 Å². The summed E-state index contributed by atoms with van der Waals surface area (Å²) in [5.74, 6) is 1.17. The van der Waals surface area contributed by atoms with Gasteiger partial charge in [-0.2, -0.15) is 0 Å². The number of piperazine rings is 1. The number of thioether (sulfide) groups is 2. The molecule has 0 N–H and O–H groups in total. The number of anilines is 1. The number of aromatic nitrogens is 2. The smallest absolute Gasteiger partial charge is 0.262 e. The van der Waals surface area contributed by atoms with Crippen LogP contribution in [-0.2, 0) is 6.54 Å². The van der Waals surface area contributed by atoms with E-state index >= 15 is 0 Å². The number of rotatable bonds is 10. The third-order valence-electron chi connectivity index (χ3n) is 6.16. The molecule has 1 fully saturated rings. The lowest BCUT2D eigenvalue weighted by Gasteiger charge is -2.37. The van der Waals surface area contributed by atoms with Crippen LogP contribution in [0.2, 0.25) is 0 Å². The minimum Gasteiger partial charge on any atom is -0.368 e. The van der Waals surface area contributed by atoms with Gasteiger partial charge >= 0.3 is 0 Å². The minimum absolute atomic E-state index is 0.0816. The van der Waals surface area contributed by atoms with Crippen LogP contribution in [0, 0.1) is 0 Å². The van der Waals surface area contributed by atoms with Crippen molar-refractivity contribution in [2.45, 2.75) is 42.8 Å². The highest BCUT2D eigenvalue weighted by atomic mass is 32.2. The molecule has 1 aliphatic heterocycles. The van der Waals surface area contributed by atoms with Crippen LogP contribution >= 0.6 is 23.5 Å². The van der Waals surface area contributed by atoms with Crippen LogP contribution in [0.15, 0.2) is 63.4 Å². The van der Waals surface area contributed by atoms with Crippen molar-refractivity contribution < 1.29 is 0 Å². The first kappa shape index (κ1) is 24.2. The second-order valence-electron chi connectivity index (χ2n) is 8.42.